The lowest BCUT2D eigenvalue weighted by molar-refractivity contribution is -0.152. The summed E-state index contributed by atoms with van der Waals surface area (Å²) < 4.78 is 5.23. The number of aryl methyl sites for hydroxylation is 1. The number of nitrogens with one attached hydrogen (secondary N) is 1. The van der Waals surface area contributed by atoms with Gasteiger partial charge in [0.1, 0.15) is 0 Å². The quantitative estimate of drug-likeness (QED) is 0.431. The lowest BCUT2D eigenvalue weighted by Gasteiger charge is -2.15. The van der Waals surface area contributed by atoms with Crippen LogP contribution in [0.4, 0.5) is 0 Å². The second kappa shape index (κ2) is 10.3. The van der Waals surface area contributed by atoms with Crippen molar-refractivity contribution in [3.8, 4) is 0 Å². The zero-order chi connectivity index (χ0) is 18.1. The van der Waals surface area contributed by atoms with Gasteiger partial charge in [-0.3, -0.25) is 9.59 Å². The molecule has 1 aromatic carbocycles. The fourth-order valence-electron chi connectivity index (χ4n) is 2.76. The van der Waals surface area contributed by atoms with Gasteiger partial charge in [-0.1, -0.05) is 29.8 Å². The fourth-order valence-corrected chi connectivity index (χ4v) is 3.57. The lowest BCUT2D eigenvalue weighted by Crippen LogP contribution is -2.36. The van der Waals surface area contributed by atoms with Crippen LogP contribution >= 0.6 is 11.8 Å². The molecule has 0 heterocycles. The van der Waals surface area contributed by atoms with Crippen LogP contribution in [-0.4, -0.2) is 30.3 Å². The van der Waals surface area contributed by atoms with E-state index in [4.69, 9.17) is 4.74 Å². The van der Waals surface area contributed by atoms with Gasteiger partial charge in [0, 0.05) is 11.4 Å². The summed E-state index contributed by atoms with van der Waals surface area (Å²) in [6.45, 7) is 4.22. The van der Waals surface area contributed by atoms with E-state index in [0.717, 1.165) is 29.7 Å². The normalized spacial score (nSPS) is 15.2. The van der Waals surface area contributed by atoms with E-state index >= 15 is 0 Å². The number of allylic oxidation sites excluding steroid dienone is 1. The number of benzene rings is 1. The number of esters is 1. The molecule has 1 atom stereocenters. The Morgan fingerprint density at radius 3 is 2.80 bits per heavy atom. The molecule has 0 spiro atoms. The zero-order valence-electron chi connectivity index (χ0n) is 15.0. The van der Waals surface area contributed by atoms with Crippen LogP contribution in [0.25, 0.3) is 0 Å². The van der Waals surface area contributed by atoms with Crippen molar-refractivity contribution >= 4 is 23.6 Å². The lowest BCUT2D eigenvalue weighted by atomic mass is 9.97. The summed E-state index contributed by atoms with van der Waals surface area (Å²) in [4.78, 5) is 25.0. The third kappa shape index (κ3) is 6.94. The van der Waals surface area contributed by atoms with Gasteiger partial charge in [0.25, 0.3) is 5.91 Å². The molecule has 136 valence electrons. The van der Waals surface area contributed by atoms with Gasteiger partial charge < -0.3 is 10.1 Å². The Bertz CT molecular complexity index is 627. The second-order valence-corrected chi connectivity index (χ2v) is 7.35. The molecule has 1 aliphatic rings. The molecule has 0 aliphatic heterocycles. The number of rotatable bonds is 8. The Balaban J connectivity index is 1.66. The second-order valence-electron chi connectivity index (χ2n) is 6.34. The number of thioether (sulfide) groups is 1. The summed E-state index contributed by atoms with van der Waals surface area (Å²) in [6, 6.07) is 7.89. The number of ether oxygens (including phenoxy) is 1. The third-order valence-corrected chi connectivity index (χ3v) is 5.40. The first-order valence-electron chi connectivity index (χ1n) is 8.90. The molecule has 1 amide bonds. The first-order chi connectivity index (χ1) is 12.1. The van der Waals surface area contributed by atoms with Crippen molar-refractivity contribution in [1.29, 1.82) is 0 Å². The summed E-state index contributed by atoms with van der Waals surface area (Å²) in [6.07, 6.45) is 7.20. The van der Waals surface area contributed by atoms with Crippen LogP contribution in [0.3, 0.4) is 0 Å². The smallest absolute Gasteiger partial charge is 0.317 e. The first-order valence-corrected chi connectivity index (χ1v) is 9.88. The van der Waals surface area contributed by atoms with Gasteiger partial charge in [0.05, 0.1) is 5.75 Å². The maximum absolute atomic E-state index is 12.0. The van der Waals surface area contributed by atoms with Crippen molar-refractivity contribution < 1.29 is 14.3 Å². The van der Waals surface area contributed by atoms with E-state index in [0.29, 0.717) is 6.54 Å². The molecule has 0 saturated carbocycles. The Morgan fingerprint density at radius 2 is 2.08 bits per heavy atom. The van der Waals surface area contributed by atoms with Crippen LogP contribution in [0.15, 0.2) is 40.8 Å². The van der Waals surface area contributed by atoms with Crippen LogP contribution in [0.2, 0.25) is 0 Å². The maximum Gasteiger partial charge on any atom is 0.317 e. The molecule has 0 radical (unpaired) electrons. The Morgan fingerprint density at radius 1 is 1.28 bits per heavy atom. The highest BCUT2D eigenvalue weighted by Crippen LogP contribution is 2.22. The Kier molecular flexibility index (Phi) is 8.06. The maximum atomic E-state index is 12.0. The van der Waals surface area contributed by atoms with Gasteiger partial charge in [-0.05, 0) is 57.6 Å². The van der Waals surface area contributed by atoms with Gasteiger partial charge in [-0.2, -0.15) is 0 Å². The minimum atomic E-state index is -0.759. The molecular weight excluding hydrogens is 334 g/mol. The number of carbonyl (C=O) groups excluding carboxylic acids is 2. The molecule has 0 bridgehead atoms. The summed E-state index contributed by atoms with van der Waals surface area (Å²) >= 11 is 1.43. The summed E-state index contributed by atoms with van der Waals surface area (Å²) in [5.41, 5.74) is 2.55. The molecular formula is C20H27NO3S. The highest BCUT2D eigenvalue weighted by molar-refractivity contribution is 8.00. The number of hydrogen-bond donors (Lipinski definition) is 1. The van der Waals surface area contributed by atoms with Crippen molar-refractivity contribution in [1.82, 2.24) is 5.32 Å². The Hall–Kier alpha value is -1.75. The zero-order valence-corrected chi connectivity index (χ0v) is 15.9. The molecule has 25 heavy (non-hydrogen) atoms. The van der Waals surface area contributed by atoms with Crippen LogP contribution in [0, 0.1) is 6.92 Å². The molecule has 0 saturated heterocycles. The van der Waals surface area contributed by atoms with Gasteiger partial charge in [0.2, 0.25) is 0 Å². The van der Waals surface area contributed by atoms with Crippen LogP contribution in [0.1, 0.15) is 44.6 Å². The minimum absolute atomic E-state index is 0.204. The van der Waals surface area contributed by atoms with Crippen molar-refractivity contribution in [2.45, 2.75) is 57.0 Å². The summed E-state index contributed by atoms with van der Waals surface area (Å²) in [5, 5.41) is 2.85. The number of carbonyl (C=O) groups is 2. The van der Waals surface area contributed by atoms with E-state index in [1.807, 2.05) is 31.2 Å². The molecule has 0 aromatic heterocycles. The predicted molar refractivity (Wildman–Crippen MR) is 102 cm³/mol. The molecule has 1 N–H and O–H groups in total. The van der Waals surface area contributed by atoms with Crippen molar-refractivity contribution in [3.05, 3.63) is 41.5 Å². The molecule has 5 heteroatoms. The molecule has 0 unspecified atom stereocenters. The van der Waals surface area contributed by atoms with Gasteiger partial charge in [-0.25, -0.2) is 0 Å². The van der Waals surface area contributed by atoms with Gasteiger partial charge in [-0.15, -0.1) is 11.8 Å². The van der Waals surface area contributed by atoms with E-state index in [1.54, 1.807) is 6.92 Å². The van der Waals surface area contributed by atoms with E-state index in [2.05, 4.69) is 11.4 Å². The van der Waals surface area contributed by atoms with Crippen molar-refractivity contribution in [3.63, 3.8) is 0 Å². The third-order valence-electron chi connectivity index (χ3n) is 4.25. The van der Waals surface area contributed by atoms with Crippen molar-refractivity contribution in [2.75, 3.05) is 12.3 Å². The average Bonchev–Trinajstić information content (AvgIpc) is 2.62. The monoisotopic (exact) mass is 361 g/mol. The van der Waals surface area contributed by atoms with Gasteiger partial charge >= 0.3 is 5.97 Å². The van der Waals surface area contributed by atoms with Crippen molar-refractivity contribution in [2.24, 2.45) is 0 Å². The average molecular weight is 362 g/mol. The summed E-state index contributed by atoms with van der Waals surface area (Å²) in [7, 11) is 0. The minimum Gasteiger partial charge on any atom is -0.452 e. The SMILES string of the molecule is Cc1ccccc1SCC(=O)O[C@@H](C)C(=O)NCCC1=CCCCC1. The van der Waals surface area contributed by atoms with E-state index in [9.17, 15) is 9.59 Å². The number of hydrogen-bond acceptors (Lipinski definition) is 4. The molecule has 0 fully saturated rings. The Labute approximate surface area is 154 Å². The van der Waals surface area contributed by atoms with E-state index in [1.165, 1.54) is 30.2 Å². The number of amides is 1. The summed E-state index contributed by atoms with van der Waals surface area (Å²) in [5.74, 6) is -0.397. The van der Waals surface area contributed by atoms with E-state index in [-0.39, 0.29) is 17.6 Å². The highest BCUT2D eigenvalue weighted by Gasteiger charge is 2.17. The van der Waals surface area contributed by atoms with Gasteiger partial charge in [0.15, 0.2) is 6.10 Å². The first kappa shape index (κ1) is 19.6. The van der Waals surface area contributed by atoms with Crippen LogP contribution < -0.4 is 5.32 Å². The predicted octanol–water partition coefficient (Wildman–Crippen LogP) is 4.03. The fraction of sp³-hybridized carbons (Fsp3) is 0.500. The van der Waals surface area contributed by atoms with Crippen LogP contribution in [0.5, 0.6) is 0 Å². The largest absolute Gasteiger partial charge is 0.452 e. The van der Waals surface area contributed by atoms with Crippen LogP contribution in [-0.2, 0) is 14.3 Å². The molecule has 1 aromatic rings. The standard InChI is InChI=1S/C20H27NO3S/c1-15-8-6-7-11-18(15)25-14-19(22)24-16(2)20(23)21-13-12-17-9-4-3-5-10-17/h6-9,11,16H,3-5,10,12-14H2,1-2H3,(H,21,23)/t16-/m0/s1. The molecule has 1 aliphatic carbocycles. The van der Waals surface area contributed by atoms with E-state index < -0.39 is 6.10 Å². The molecule has 4 nitrogen and oxygen atoms in total. The molecule has 2 rings (SSSR count). The topological polar surface area (TPSA) is 55.4 Å². The highest BCUT2D eigenvalue weighted by atomic mass is 32.2.